The van der Waals surface area contributed by atoms with E-state index in [0.29, 0.717) is 19.3 Å². The van der Waals surface area contributed by atoms with Crippen molar-refractivity contribution in [2.75, 3.05) is 13.2 Å². The lowest BCUT2D eigenvalue weighted by Crippen LogP contribution is -2.30. The highest BCUT2D eigenvalue weighted by molar-refractivity contribution is 5.71. The highest BCUT2D eigenvalue weighted by Gasteiger charge is 2.19. The van der Waals surface area contributed by atoms with Gasteiger partial charge >= 0.3 is 17.9 Å². The maximum absolute atomic E-state index is 12.8. The van der Waals surface area contributed by atoms with Crippen molar-refractivity contribution in [3.63, 3.8) is 0 Å². The number of unbranched alkanes of at least 4 members (excludes halogenated alkanes) is 26. The first-order valence-corrected chi connectivity index (χ1v) is 25.1. The minimum Gasteiger partial charge on any atom is -0.462 e. The molecule has 0 spiro atoms. The summed E-state index contributed by atoms with van der Waals surface area (Å²) in [5, 5.41) is 0. The van der Waals surface area contributed by atoms with E-state index in [1.807, 2.05) is 0 Å². The summed E-state index contributed by atoms with van der Waals surface area (Å²) in [7, 11) is 0. The lowest BCUT2D eigenvalue weighted by Gasteiger charge is -2.18. The van der Waals surface area contributed by atoms with Crippen LogP contribution in [0.4, 0.5) is 0 Å². The van der Waals surface area contributed by atoms with Gasteiger partial charge in [0.25, 0.3) is 0 Å². The van der Waals surface area contributed by atoms with Gasteiger partial charge in [-0.3, -0.25) is 14.4 Å². The van der Waals surface area contributed by atoms with Gasteiger partial charge in [-0.25, -0.2) is 0 Å². The Morgan fingerprint density at radius 1 is 0.339 bits per heavy atom. The summed E-state index contributed by atoms with van der Waals surface area (Å²) in [5.41, 5.74) is 0. The number of allylic oxidation sites excluding steroid dienone is 8. The van der Waals surface area contributed by atoms with E-state index in [4.69, 9.17) is 14.2 Å². The molecule has 0 unspecified atom stereocenters. The smallest absolute Gasteiger partial charge is 0.306 e. The molecule has 0 bridgehead atoms. The van der Waals surface area contributed by atoms with Crippen molar-refractivity contribution in [3.05, 3.63) is 48.6 Å². The van der Waals surface area contributed by atoms with E-state index >= 15 is 0 Å². The molecule has 0 aliphatic carbocycles. The molecule has 0 aromatic carbocycles. The van der Waals surface area contributed by atoms with Gasteiger partial charge < -0.3 is 14.2 Å². The minimum absolute atomic E-state index is 0.0866. The van der Waals surface area contributed by atoms with Crippen molar-refractivity contribution in [1.82, 2.24) is 0 Å². The molecule has 0 aliphatic rings. The number of esters is 3. The molecular formula is C53H94O6. The van der Waals surface area contributed by atoms with Crippen LogP contribution in [0.2, 0.25) is 0 Å². The topological polar surface area (TPSA) is 78.9 Å². The van der Waals surface area contributed by atoms with E-state index in [1.165, 1.54) is 141 Å². The molecule has 0 fully saturated rings. The predicted octanol–water partition coefficient (Wildman–Crippen LogP) is 16.3. The maximum Gasteiger partial charge on any atom is 0.306 e. The van der Waals surface area contributed by atoms with Crippen LogP contribution in [0.25, 0.3) is 0 Å². The van der Waals surface area contributed by atoms with Gasteiger partial charge in [0.05, 0.1) is 0 Å². The summed E-state index contributed by atoms with van der Waals surface area (Å²) in [5.74, 6) is -0.939. The van der Waals surface area contributed by atoms with Gasteiger partial charge in [0, 0.05) is 19.3 Å². The summed E-state index contributed by atoms with van der Waals surface area (Å²) >= 11 is 0. The van der Waals surface area contributed by atoms with Crippen molar-refractivity contribution < 1.29 is 28.6 Å². The van der Waals surface area contributed by atoms with E-state index in [0.717, 1.165) is 64.2 Å². The zero-order valence-corrected chi connectivity index (χ0v) is 39.0. The van der Waals surface area contributed by atoms with Gasteiger partial charge in [-0.2, -0.15) is 0 Å². The summed E-state index contributed by atoms with van der Waals surface area (Å²) in [4.78, 5) is 37.8. The molecule has 0 aromatic heterocycles. The normalized spacial score (nSPS) is 12.4. The first-order valence-electron chi connectivity index (χ1n) is 25.1. The Labute approximate surface area is 365 Å². The van der Waals surface area contributed by atoms with Crippen molar-refractivity contribution in [1.29, 1.82) is 0 Å². The Morgan fingerprint density at radius 3 is 1.02 bits per heavy atom. The van der Waals surface area contributed by atoms with Gasteiger partial charge in [0.1, 0.15) is 13.2 Å². The third-order valence-electron chi connectivity index (χ3n) is 10.8. The summed E-state index contributed by atoms with van der Waals surface area (Å²) in [6, 6.07) is 0. The fourth-order valence-electron chi connectivity index (χ4n) is 7.02. The summed E-state index contributed by atoms with van der Waals surface area (Å²) in [6.45, 7) is 6.56. The fourth-order valence-corrected chi connectivity index (χ4v) is 7.02. The molecular weight excluding hydrogens is 733 g/mol. The van der Waals surface area contributed by atoms with Gasteiger partial charge in [0.15, 0.2) is 6.10 Å². The Kier molecular flexibility index (Phi) is 45.9. The molecule has 0 aliphatic heterocycles. The van der Waals surface area contributed by atoms with Gasteiger partial charge in [-0.05, 0) is 57.8 Å². The Bertz CT molecular complexity index is 1040. The first-order chi connectivity index (χ1) is 29.0. The van der Waals surface area contributed by atoms with Crippen LogP contribution in [-0.2, 0) is 28.6 Å². The molecule has 0 amide bonds. The Balaban J connectivity index is 4.43. The molecule has 1 atom stereocenters. The third-order valence-corrected chi connectivity index (χ3v) is 10.8. The third kappa shape index (κ3) is 46.3. The van der Waals surface area contributed by atoms with E-state index in [-0.39, 0.29) is 37.5 Å². The zero-order chi connectivity index (χ0) is 43.0. The first kappa shape index (κ1) is 56.4. The zero-order valence-electron chi connectivity index (χ0n) is 39.0. The van der Waals surface area contributed by atoms with E-state index in [9.17, 15) is 14.4 Å². The van der Waals surface area contributed by atoms with Crippen LogP contribution >= 0.6 is 0 Å². The van der Waals surface area contributed by atoms with Crippen molar-refractivity contribution in [2.24, 2.45) is 0 Å². The molecule has 0 saturated heterocycles. The maximum atomic E-state index is 12.8. The Morgan fingerprint density at radius 2 is 0.627 bits per heavy atom. The standard InChI is InChI=1S/C53H94O6/c1-4-7-10-13-16-19-22-24-25-26-27-29-31-34-37-40-43-46-52(55)58-49-50(48-57-51(54)45-42-39-36-33-30-21-18-15-12-9-6-3)59-53(56)47-44-41-38-35-32-28-23-20-17-14-11-8-5-2/h16,19,24-25,27,29,34,37,50H,4-15,17-18,20-23,26,28,30-33,35-36,38-49H2,1-3H3/b19-16-,25-24-,29-27-,37-34-/t50-/m1/s1. The number of carbonyl (C=O) groups is 3. The second-order valence-corrected chi connectivity index (χ2v) is 16.7. The molecule has 0 radical (unpaired) electrons. The number of rotatable bonds is 45. The van der Waals surface area contributed by atoms with Crippen molar-refractivity contribution in [2.45, 2.75) is 258 Å². The molecule has 59 heavy (non-hydrogen) atoms. The average molecular weight is 827 g/mol. The van der Waals surface area contributed by atoms with Crippen molar-refractivity contribution >= 4 is 17.9 Å². The second-order valence-electron chi connectivity index (χ2n) is 16.7. The molecule has 6 nitrogen and oxygen atoms in total. The lowest BCUT2D eigenvalue weighted by atomic mass is 10.0. The lowest BCUT2D eigenvalue weighted by molar-refractivity contribution is -0.167. The molecule has 0 rings (SSSR count). The average Bonchev–Trinajstić information content (AvgIpc) is 3.23. The van der Waals surface area contributed by atoms with E-state index < -0.39 is 6.10 Å². The van der Waals surface area contributed by atoms with Crippen LogP contribution in [0.15, 0.2) is 48.6 Å². The van der Waals surface area contributed by atoms with Crippen LogP contribution < -0.4 is 0 Å². The van der Waals surface area contributed by atoms with Crippen LogP contribution in [-0.4, -0.2) is 37.2 Å². The number of hydrogen-bond donors (Lipinski definition) is 0. The largest absolute Gasteiger partial charge is 0.462 e. The second kappa shape index (κ2) is 48.0. The predicted molar refractivity (Wildman–Crippen MR) is 252 cm³/mol. The number of hydrogen-bond acceptors (Lipinski definition) is 6. The summed E-state index contributed by atoms with van der Waals surface area (Å²) < 4.78 is 16.7. The van der Waals surface area contributed by atoms with Crippen molar-refractivity contribution in [3.8, 4) is 0 Å². The molecule has 6 heteroatoms. The summed E-state index contributed by atoms with van der Waals surface area (Å²) in [6.07, 6.45) is 56.6. The molecule has 342 valence electrons. The monoisotopic (exact) mass is 827 g/mol. The van der Waals surface area contributed by atoms with Gasteiger partial charge in [0.2, 0.25) is 0 Å². The van der Waals surface area contributed by atoms with Gasteiger partial charge in [-0.1, -0.05) is 223 Å². The van der Waals surface area contributed by atoms with E-state index in [1.54, 1.807) is 0 Å². The highest BCUT2D eigenvalue weighted by atomic mass is 16.6. The van der Waals surface area contributed by atoms with Crippen LogP contribution in [0.1, 0.15) is 252 Å². The van der Waals surface area contributed by atoms with Crippen LogP contribution in [0, 0.1) is 0 Å². The number of carbonyl (C=O) groups excluding carboxylic acids is 3. The fraction of sp³-hybridized carbons (Fsp3) is 0.792. The molecule has 0 aromatic rings. The molecule has 0 N–H and O–H groups in total. The Hall–Kier alpha value is -2.63. The van der Waals surface area contributed by atoms with Crippen LogP contribution in [0.3, 0.4) is 0 Å². The van der Waals surface area contributed by atoms with E-state index in [2.05, 4.69) is 69.4 Å². The quantitative estimate of drug-likeness (QED) is 0.0263. The van der Waals surface area contributed by atoms with Gasteiger partial charge in [-0.15, -0.1) is 0 Å². The minimum atomic E-state index is -0.789. The highest BCUT2D eigenvalue weighted by Crippen LogP contribution is 2.15. The SMILES string of the molecule is CCCCC/C=C\C/C=C\C/C=C\C/C=C\CCCC(=O)OC[C@@H](COC(=O)CCCCCCCCCCCCC)OC(=O)CCCCCCCCCCCCCCC. The molecule has 0 heterocycles. The molecule has 0 saturated carbocycles. The number of ether oxygens (including phenoxy) is 3. The van der Waals surface area contributed by atoms with Crippen LogP contribution in [0.5, 0.6) is 0 Å².